The molecule has 1 aromatic carbocycles. The third-order valence-electron chi connectivity index (χ3n) is 1.70. The summed E-state index contributed by atoms with van der Waals surface area (Å²) in [6.45, 7) is -3.74. The Balaban J connectivity index is 2.91. The zero-order valence-electron chi connectivity index (χ0n) is 7.29. The van der Waals surface area contributed by atoms with Crippen LogP contribution in [0.1, 0.15) is 11.6 Å². The zero-order chi connectivity index (χ0) is 10.6. The zero-order valence-corrected chi connectivity index (χ0v) is 7.29. The second-order valence-electron chi connectivity index (χ2n) is 2.68. The number of ether oxygens (including phenoxy) is 1. The van der Waals surface area contributed by atoms with E-state index >= 15 is 0 Å². The maximum absolute atomic E-state index is 12.2. The van der Waals surface area contributed by atoms with Crippen LogP contribution in [0, 0.1) is 0 Å². The van der Waals surface area contributed by atoms with Gasteiger partial charge in [0.15, 0.2) is 0 Å². The third-order valence-corrected chi connectivity index (χ3v) is 1.70. The van der Waals surface area contributed by atoms with Gasteiger partial charge in [-0.05, 0) is 6.07 Å². The lowest BCUT2D eigenvalue weighted by molar-refractivity contribution is -0.0506. The van der Waals surface area contributed by atoms with Crippen LogP contribution in [0.4, 0.5) is 13.2 Å². The van der Waals surface area contributed by atoms with E-state index in [0.29, 0.717) is 0 Å². The highest BCUT2D eigenvalue weighted by molar-refractivity contribution is 5.35. The predicted octanol–water partition coefficient (Wildman–Crippen LogP) is 2.26. The molecule has 0 fully saturated rings. The molecule has 78 valence electrons. The van der Waals surface area contributed by atoms with Crippen LogP contribution in [0.15, 0.2) is 24.3 Å². The summed E-state index contributed by atoms with van der Waals surface area (Å²) >= 11 is 0. The van der Waals surface area contributed by atoms with Gasteiger partial charge in [-0.3, -0.25) is 0 Å². The molecule has 0 aliphatic heterocycles. The van der Waals surface area contributed by atoms with Crippen LogP contribution in [-0.2, 0) is 0 Å². The van der Waals surface area contributed by atoms with Gasteiger partial charge in [-0.1, -0.05) is 18.2 Å². The summed E-state index contributed by atoms with van der Waals surface area (Å²) in [6, 6.07) is 4.97. The number of alkyl halides is 3. The van der Waals surface area contributed by atoms with Crippen LogP contribution in [0.25, 0.3) is 0 Å². The lowest BCUT2D eigenvalue weighted by Gasteiger charge is -2.13. The van der Waals surface area contributed by atoms with E-state index in [1.165, 1.54) is 18.2 Å². The van der Waals surface area contributed by atoms with Crippen molar-refractivity contribution in [2.45, 2.75) is 12.7 Å². The third kappa shape index (κ3) is 2.63. The summed E-state index contributed by atoms with van der Waals surface area (Å²) in [4.78, 5) is 0. The van der Waals surface area contributed by atoms with Gasteiger partial charge in [-0.25, -0.2) is 4.39 Å². The predicted molar refractivity (Wildman–Crippen MR) is 46.0 cm³/mol. The molecule has 1 aromatic rings. The molecule has 5 heteroatoms. The van der Waals surface area contributed by atoms with E-state index in [4.69, 9.17) is 5.73 Å². The minimum atomic E-state index is -2.93. The van der Waals surface area contributed by atoms with E-state index in [1.807, 2.05) is 0 Å². The van der Waals surface area contributed by atoms with Gasteiger partial charge in [0.2, 0.25) is 0 Å². The Morgan fingerprint density at radius 3 is 2.50 bits per heavy atom. The topological polar surface area (TPSA) is 35.2 Å². The number of nitrogens with two attached hydrogens (primary N) is 1. The first-order valence-corrected chi connectivity index (χ1v) is 4.00. The number of hydrogen-bond donors (Lipinski definition) is 1. The van der Waals surface area contributed by atoms with Gasteiger partial charge in [-0.2, -0.15) is 8.78 Å². The average molecular weight is 205 g/mol. The summed E-state index contributed by atoms with van der Waals surface area (Å²) in [5, 5.41) is 0. The van der Waals surface area contributed by atoms with E-state index in [9.17, 15) is 13.2 Å². The summed E-state index contributed by atoms with van der Waals surface area (Å²) in [7, 11) is 0. The minimum Gasteiger partial charge on any atom is -0.434 e. The molecule has 2 N–H and O–H groups in total. The van der Waals surface area contributed by atoms with Crippen molar-refractivity contribution in [1.82, 2.24) is 0 Å². The fraction of sp³-hybridized carbons (Fsp3) is 0.333. The Kier molecular flexibility index (Phi) is 3.76. The molecule has 0 amide bonds. The van der Waals surface area contributed by atoms with Crippen molar-refractivity contribution in [3.8, 4) is 5.75 Å². The van der Waals surface area contributed by atoms with Crippen molar-refractivity contribution in [3.63, 3.8) is 0 Å². The molecule has 14 heavy (non-hydrogen) atoms. The quantitative estimate of drug-likeness (QED) is 0.818. The maximum atomic E-state index is 12.2. The molecule has 2 nitrogen and oxygen atoms in total. The molecule has 0 aliphatic carbocycles. The molecular weight excluding hydrogens is 195 g/mol. The molecule has 0 aliphatic rings. The van der Waals surface area contributed by atoms with E-state index in [0.717, 1.165) is 0 Å². The van der Waals surface area contributed by atoms with Crippen molar-refractivity contribution in [2.75, 3.05) is 6.67 Å². The van der Waals surface area contributed by atoms with Crippen molar-refractivity contribution in [3.05, 3.63) is 29.8 Å². The lowest BCUT2D eigenvalue weighted by atomic mass is 10.1. The summed E-state index contributed by atoms with van der Waals surface area (Å²) in [5.41, 5.74) is 5.62. The van der Waals surface area contributed by atoms with Crippen LogP contribution in [0.5, 0.6) is 5.75 Å². The molecule has 0 radical (unpaired) electrons. The summed E-state index contributed by atoms with van der Waals surface area (Å²) in [5.74, 6) is -0.0762. The van der Waals surface area contributed by atoms with Crippen LogP contribution < -0.4 is 10.5 Å². The van der Waals surface area contributed by atoms with Crippen molar-refractivity contribution in [2.24, 2.45) is 5.73 Å². The number of hydrogen-bond acceptors (Lipinski definition) is 2. The van der Waals surface area contributed by atoms with Crippen LogP contribution in [0.3, 0.4) is 0 Å². The van der Waals surface area contributed by atoms with Gasteiger partial charge in [0, 0.05) is 5.56 Å². The Labute approximate surface area is 79.5 Å². The molecule has 0 spiro atoms. The monoisotopic (exact) mass is 205 g/mol. The molecular formula is C9H10F3NO. The lowest BCUT2D eigenvalue weighted by Crippen LogP contribution is -2.15. The van der Waals surface area contributed by atoms with E-state index < -0.39 is 19.3 Å². The number of halogens is 3. The highest BCUT2D eigenvalue weighted by Crippen LogP contribution is 2.25. The normalized spacial score (nSPS) is 12.9. The molecule has 1 rings (SSSR count). The summed E-state index contributed by atoms with van der Waals surface area (Å²) < 4.78 is 40.2. The first kappa shape index (κ1) is 10.8. The Hall–Kier alpha value is -1.23. The standard InChI is InChI=1S/C9H10F3NO/c10-5-7(13)6-3-1-2-4-8(6)14-9(11)12/h1-4,7,9H,5,13H2/t7-/m0/s1. The van der Waals surface area contributed by atoms with Gasteiger partial charge in [0.25, 0.3) is 0 Å². The highest BCUT2D eigenvalue weighted by atomic mass is 19.3. The molecule has 0 saturated carbocycles. The van der Waals surface area contributed by atoms with Gasteiger partial charge < -0.3 is 10.5 Å². The first-order valence-electron chi connectivity index (χ1n) is 4.00. The fourth-order valence-corrected chi connectivity index (χ4v) is 1.07. The van der Waals surface area contributed by atoms with Crippen LogP contribution in [-0.4, -0.2) is 13.3 Å². The van der Waals surface area contributed by atoms with Crippen molar-refractivity contribution >= 4 is 0 Å². The van der Waals surface area contributed by atoms with E-state index in [1.54, 1.807) is 6.07 Å². The Bertz CT molecular complexity index is 293. The first-order chi connectivity index (χ1) is 6.65. The molecule has 1 atom stereocenters. The molecule has 0 aromatic heterocycles. The second-order valence-corrected chi connectivity index (χ2v) is 2.68. The summed E-state index contributed by atoms with van der Waals surface area (Å²) in [6.07, 6.45) is 0. The second kappa shape index (κ2) is 4.85. The van der Waals surface area contributed by atoms with Gasteiger partial charge >= 0.3 is 6.61 Å². The van der Waals surface area contributed by atoms with Crippen molar-refractivity contribution < 1.29 is 17.9 Å². The number of rotatable bonds is 4. The highest BCUT2D eigenvalue weighted by Gasteiger charge is 2.14. The molecule has 0 heterocycles. The fourth-order valence-electron chi connectivity index (χ4n) is 1.07. The number of para-hydroxylation sites is 1. The SMILES string of the molecule is N[C@@H](CF)c1ccccc1OC(F)F. The smallest absolute Gasteiger partial charge is 0.387 e. The number of benzene rings is 1. The maximum Gasteiger partial charge on any atom is 0.387 e. The van der Waals surface area contributed by atoms with Gasteiger partial charge in [0.05, 0.1) is 6.04 Å². The van der Waals surface area contributed by atoms with E-state index in [-0.39, 0.29) is 11.3 Å². The van der Waals surface area contributed by atoms with E-state index in [2.05, 4.69) is 4.74 Å². The molecule has 0 bridgehead atoms. The minimum absolute atomic E-state index is 0.0762. The Morgan fingerprint density at radius 1 is 1.29 bits per heavy atom. The Morgan fingerprint density at radius 2 is 1.93 bits per heavy atom. The average Bonchev–Trinajstić information content (AvgIpc) is 2.16. The van der Waals surface area contributed by atoms with Gasteiger partial charge in [0.1, 0.15) is 12.4 Å². The van der Waals surface area contributed by atoms with Crippen LogP contribution >= 0.6 is 0 Å². The van der Waals surface area contributed by atoms with Gasteiger partial charge in [-0.15, -0.1) is 0 Å². The molecule has 0 saturated heterocycles. The van der Waals surface area contributed by atoms with Crippen LogP contribution in [0.2, 0.25) is 0 Å². The largest absolute Gasteiger partial charge is 0.434 e. The van der Waals surface area contributed by atoms with Crippen molar-refractivity contribution in [1.29, 1.82) is 0 Å². The molecule has 0 unspecified atom stereocenters.